The fourth-order valence-corrected chi connectivity index (χ4v) is 3.06. The van der Waals surface area contributed by atoms with E-state index < -0.39 is 0 Å². The van der Waals surface area contributed by atoms with Crippen molar-refractivity contribution >= 4 is 23.9 Å². The van der Waals surface area contributed by atoms with Gasteiger partial charge in [0.1, 0.15) is 0 Å². The Morgan fingerprint density at radius 3 is 1.93 bits per heavy atom. The van der Waals surface area contributed by atoms with Crippen molar-refractivity contribution in [2.24, 2.45) is 0 Å². The van der Waals surface area contributed by atoms with Crippen molar-refractivity contribution < 1.29 is 0 Å². The van der Waals surface area contributed by atoms with Crippen molar-refractivity contribution in [2.75, 3.05) is 0 Å². The van der Waals surface area contributed by atoms with Gasteiger partial charge in [0.05, 0.1) is 0 Å². The van der Waals surface area contributed by atoms with Crippen LogP contribution >= 0.6 is 0 Å². The van der Waals surface area contributed by atoms with Crippen molar-refractivity contribution in [3.63, 3.8) is 0 Å². The zero-order chi connectivity index (χ0) is 10.5. The molecule has 2 aromatic carbocycles. The summed E-state index contributed by atoms with van der Waals surface area (Å²) in [5.41, 5.74) is 1.25. The Morgan fingerprint density at radius 1 is 0.800 bits per heavy atom. The topological polar surface area (TPSA) is 0 Å². The molecule has 0 saturated carbocycles. The number of hydrogen-bond acceptors (Lipinski definition) is 0. The minimum atomic E-state index is 0.336. The second-order valence-corrected chi connectivity index (χ2v) is 5.66. The van der Waals surface area contributed by atoms with Crippen LogP contribution in [0.3, 0.4) is 0 Å². The summed E-state index contributed by atoms with van der Waals surface area (Å²) in [5.74, 6) is 0. The van der Waals surface area contributed by atoms with Gasteiger partial charge in [0.15, 0.2) is 0 Å². The van der Waals surface area contributed by atoms with Crippen LogP contribution in [0, 0.1) is 0 Å². The van der Waals surface area contributed by atoms with Crippen LogP contribution in [0.4, 0.5) is 0 Å². The average molecular weight is 259 g/mol. The molecule has 2 rings (SSSR count). The maximum absolute atomic E-state index is 4.15. The average Bonchev–Trinajstić information content (AvgIpc) is 2.31. The summed E-state index contributed by atoms with van der Waals surface area (Å²) in [7, 11) is 0. The first-order chi connectivity index (χ1) is 7.36. The Labute approximate surface area is 96.8 Å². The molecule has 0 radical (unpaired) electrons. The minimum absolute atomic E-state index is 0.336. The molecule has 2 aromatic rings. The van der Waals surface area contributed by atoms with Crippen LogP contribution in [0.5, 0.6) is 0 Å². The molecule has 0 spiro atoms. The molecule has 1 heteroatoms. The van der Waals surface area contributed by atoms with E-state index in [-0.39, 0.29) is 0 Å². The molecule has 0 aliphatic carbocycles. The van der Waals surface area contributed by atoms with E-state index in [2.05, 4.69) is 55.1 Å². The molecule has 0 aliphatic heterocycles. The van der Waals surface area contributed by atoms with Crippen LogP contribution in [-0.4, -0.2) is 15.0 Å². The van der Waals surface area contributed by atoms with Gasteiger partial charge < -0.3 is 0 Å². The van der Waals surface area contributed by atoms with Crippen molar-refractivity contribution in [3.05, 3.63) is 72.8 Å². The number of benzene rings is 2. The third-order valence-electron chi connectivity index (χ3n) is 2.08. The molecule has 0 heterocycles. The molecule has 0 aromatic heterocycles. The SMILES string of the molecule is C=C([Se]c1ccccc1)c1ccccc1. The molecule has 0 unspecified atom stereocenters. The van der Waals surface area contributed by atoms with Gasteiger partial charge in [0, 0.05) is 0 Å². The molecule has 0 amide bonds. The van der Waals surface area contributed by atoms with E-state index >= 15 is 0 Å². The van der Waals surface area contributed by atoms with Gasteiger partial charge in [0.2, 0.25) is 0 Å². The van der Waals surface area contributed by atoms with Crippen LogP contribution in [0.25, 0.3) is 4.47 Å². The summed E-state index contributed by atoms with van der Waals surface area (Å²) in [5, 5.41) is 0. The Morgan fingerprint density at radius 2 is 1.33 bits per heavy atom. The van der Waals surface area contributed by atoms with Crippen LogP contribution in [0.15, 0.2) is 67.2 Å². The Balaban J connectivity index is 2.12. The molecule has 0 atom stereocenters. The molecule has 0 bridgehead atoms. The van der Waals surface area contributed by atoms with E-state index in [0.29, 0.717) is 15.0 Å². The second-order valence-electron chi connectivity index (χ2n) is 3.20. The summed E-state index contributed by atoms with van der Waals surface area (Å²) in [4.78, 5) is 0. The van der Waals surface area contributed by atoms with Crippen LogP contribution in [0.1, 0.15) is 5.56 Å². The van der Waals surface area contributed by atoms with E-state index in [1.165, 1.54) is 14.5 Å². The fourth-order valence-electron chi connectivity index (χ4n) is 1.31. The van der Waals surface area contributed by atoms with Crippen molar-refractivity contribution in [2.45, 2.75) is 0 Å². The van der Waals surface area contributed by atoms with E-state index in [1.807, 2.05) is 12.1 Å². The third-order valence-corrected chi connectivity index (χ3v) is 4.16. The van der Waals surface area contributed by atoms with Gasteiger partial charge in [-0.1, -0.05) is 0 Å². The molecule has 0 saturated heterocycles. The van der Waals surface area contributed by atoms with Gasteiger partial charge in [-0.05, 0) is 0 Å². The molecule has 0 N–H and O–H groups in total. The molecule has 0 aliphatic rings. The first kappa shape index (κ1) is 10.2. The zero-order valence-corrected chi connectivity index (χ0v) is 10.1. The van der Waals surface area contributed by atoms with Crippen LogP contribution < -0.4 is 4.46 Å². The summed E-state index contributed by atoms with van der Waals surface area (Å²) in [6.07, 6.45) is 0. The summed E-state index contributed by atoms with van der Waals surface area (Å²) in [6, 6.07) is 20.9. The van der Waals surface area contributed by atoms with Crippen molar-refractivity contribution in [1.82, 2.24) is 0 Å². The van der Waals surface area contributed by atoms with Gasteiger partial charge in [-0.2, -0.15) is 0 Å². The van der Waals surface area contributed by atoms with Gasteiger partial charge in [-0.3, -0.25) is 0 Å². The Hall–Kier alpha value is -1.30. The molecule has 74 valence electrons. The monoisotopic (exact) mass is 260 g/mol. The Kier molecular flexibility index (Phi) is 3.39. The molecule has 15 heavy (non-hydrogen) atoms. The quantitative estimate of drug-likeness (QED) is 0.743. The van der Waals surface area contributed by atoms with Gasteiger partial charge in [-0.15, -0.1) is 0 Å². The van der Waals surface area contributed by atoms with Gasteiger partial charge in [-0.25, -0.2) is 0 Å². The summed E-state index contributed by atoms with van der Waals surface area (Å²) in [6.45, 7) is 4.15. The van der Waals surface area contributed by atoms with Gasteiger partial charge in [0.25, 0.3) is 0 Å². The third kappa shape index (κ3) is 2.82. The normalized spacial score (nSPS) is 9.87. The zero-order valence-electron chi connectivity index (χ0n) is 8.39. The first-order valence-corrected chi connectivity index (χ1v) is 6.55. The summed E-state index contributed by atoms with van der Waals surface area (Å²) >= 11 is 0.336. The number of hydrogen-bond donors (Lipinski definition) is 0. The second kappa shape index (κ2) is 4.97. The van der Waals surface area contributed by atoms with E-state index in [4.69, 9.17) is 0 Å². The molecular formula is C14H12Se. The number of rotatable bonds is 3. The van der Waals surface area contributed by atoms with Crippen LogP contribution in [-0.2, 0) is 0 Å². The van der Waals surface area contributed by atoms with Crippen LogP contribution in [0.2, 0.25) is 0 Å². The molecular weight excluding hydrogens is 247 g/mol. The first-order valence-electron chi connectivity index (χ1n) is 4.83. The van der Waals surface area contributed by atoms with E-state index in [9.17, 15) is 0 Å². The predicted octanol–water partition coefficient (Wildman–Crippen LogP) is 2.69. The van der Waals surface area contributed by atoms with E-state index in [0.717, 1.165) is 0 Å². The fraction of sp³-hybridized carbons (Fsp3) is 0. The van der Waals surface area contributed by atoms with Gasteiger partial charge >= 0.3 is 96.7 Å². The summed E-state index contributed by atoms with van der Waals surface area (Å²) < 4.78 is 2.60. The molecule has 0 nitrogen and oxygen atoms in total. The predicted molar refractivity (Wildman–Crippen MR) is 67.3 cm³/mol. The van der Waals surface area contributed by atoms with Crippen molar-refractivity contribution in [1.29, 1.82) is 0 Å². The maximum atomic E-state index is 4.15. The van der Waals surface area contributed by atoms with Crippen molar-refractivity contribution in [3.8, 4) is 0 Å². The standard InChI is InChI=1S/C14H12Se/c1-12(13-8-4-2-5-9-13)15-14-10-6-3-7-11-14/h2-11H,1H2. The molecule has 0 fully saturated rings. The Bertz CT molecular complexity index is 431. The van der Waals surface area contributed by atoms with E-state index in [1.54, 1.807) is 0 Å².